The molecule has 1 fully saturated rings. The molecule has 3 atom stereocenters. The Bertz CT molecular complexity index is 1500. The molecule has 3 aliphatic carbocycles. The number of benzene rings is 2. The van der Waals surface area contributed by atoms with E-state index in [9.17, 15) is 34.8 Å². The maximum absolute atomic E-state index is 13.7. The number of hydrogen-bond acceptors (Lipinski definition) is 8. The third-order valence-corrected chi connectivity index (χ3v) is 8.17. The molecule has 0 unspecified atom stereocenters. The van der Waals surface area contributed by atoms with Crippen molar-refractivity contribution >= 4 is 23.2 Å². The van der Waals surface area contributed by atoms with E-state index in [4.69, 9.17) is 10.5 Å². The first-order chi connectivity index (χ1) is 18.4. The summed E-state index contributed by atoms with van der Waals surface area (Å²) in [5, 5.41) is 44.2. The lowest BCUT2D eigenvalue weighted by Gasteiger charge is -2.46. The summed E-state index contributed by atoms with van der Waals surface area (Å²) < 4.78 is 5.54. The molecule has 0 radical (unpaired) electrons. The highest BCUT2D eigenvalue weighted by atomic mass is 16.5. The number of carbonyl (C=O) groups is 3. The summed E-state index contributed by atoms with van der Waals surface area (Å²) in [4.78, 5) is 38.1. The van der Waals surface area contributed by atoms with Gasteiger partial charge in [-0.1, -0.05) is 26.0 Å². The zero-order chi connectivity index (χ0) is 28.4. The number of hydrogen-bond donors (Lipinski definition) is 5. The molecule has 9 heteroatoms. The molecular formula is C30H31NO8. The monoisotopic (exact) mass is 533 g/mol. The number of primary amides is 1. The molecule has 0 spiro atoms. The quantitative estimate of drug-likeness (QED) is 0.365. The van der Waals surface area contributed by atoms with Crippen LogP contribution < -0.4 is 10.5 Å². The van der Waals surface area contributed by atoms with Gasteiger partial charge in [-0.25, -0.2) is 0 Å². The Morgan fingerprint density at radius 1 is 1.13 bits per heavy atom. The van der Waals surface area contributed by atoms with E-state index in [1.165, 1.54) is 6.07 Å². The number of fused-ring (bicyclic) bond motifs is 3. The van der Waals surface area contributed by atoms with Crippen LogP contribution in [0, 0.1) is 17.8 Å². The Balaban J connectivity index is 1.67. The molecular weight excluding hydrogens is 502 g/mol. The summed E-state index contributed by atoms with van der Waals surface area (Å²) in [6, 6.07) is 8.97. The molecule has 204 valence electrons. The third kappa shape index (κ3) is 3.91. The lowest BCUT2D eigenvalue weighted by atomic mass is 9.59. The maximum Gasteiger partial charge on any atom is 0.255 e. The van der Waals surface area contributed by atoms with Crippen LogP contribution in [-0.2, 0) is 27.2 Å². The van der Waals surface area contributed by atoms with Crippen molar-refractivity contribution in [2.45, 2.75) is 45.1 Å². The first-order valence-corrected chi connectivity index (χ1v) is 12.9. The molecule has 1 saturated carbocycles. The van der Waals surface area contributed by atoms with Crippen molar-refractivity contribution in [2.75, 3.05) is 7.11 Å². The Hall–Kier alpha value is -4.11. The van der Waals surface area contributed by atoms with Gasteiger partial charge in [0, 0.05) is 17.9 Å². The molecule has 2 aromatic carbocycles. The van der Waals surface area contributed by atoms with Crippen molar-refractivity contribution < 1.29 is 39.5 Å². The van der Waals surface area contributed by atoms with E-state index in [-0.39, 0.29) is 36.1 Å². The number of amides is 1. The molecule has 0 aliphatic heterocycles. The van der Waals surface area contributed by atoms with Crippen LogP contribution in [0.25, 0.3) is 16.9 Å². The average Bonchev–Trinajstić information content (AvgIpc) is 2.85. The highest BCUT2D eigenvalue weighted by Crippen LogP contribution is 2.53. The minimum absolute atomic E-state index is 0.0702. The van der Waals surface area contributed by atoms with Gasteiger partial charge in [-0.15, -0.1) is 0 Å². The van der Waals surface area contributed by atoms with Crippen LogP contribution >= 0.6 is 0 Å². The Morgan fingerprint density at radius 3 is 2.49 bits per heavy atom. The number of ether oxygens (including phenoxy) is 1. The van der Waals surface area contributed by atoms with Gasteiger partial charge >= 0.3 is 0 Å². The van der Waals surface area contributed by atoms with Crippen molar-refractivity contribution in [3.8, 4) is 22.6 Å². The summed E-state index contributed by atoms with van der Waals surface area (Å²) in [5.74, 6) is -5.30. The van der Waals surface area contributed by atoms with E-state index in [0.717, 1.165) is 28.9 Å². The zero-order valence-corrected chi connectivity index (χ0v) is 21.9. The minimum Gasteiger partial charge on any atom is -0.508 e. The van der Waals surface area contributed by atoms with Crippen molar-refractivity contribution in [2.24, 2.45) is 23.5 Å². The summed E-state index contributed by atoms with van der Waals surface area (Å²) in [7, 11) is 1.61. The van der Waals surface area contributed by atoms with Crippen molar-refractivity contribution in [3.63, 3.8) is 0 Å². The number of phenols is 1. The fraction of sp³-hybridized carbons (Fsp3) is 0.367. The summed E-state index contributed by atoms with van der Waals surface area (Å²) >= 11 is 0. The molecule has 9 nitrogen and oxygen atoms in total. The van der Waals surface area contributed by atoms with E-state index in [0.29, 0.717) is 11.5 Å². The zero-order valence-electron chi connectivity index (χ0n) is 21.9. The van der Waals surface area contributed by atoms with Crippen LogP contribution in [0.5, 0.6) is 11.5 Å². The fourth-order valence-electron chi connectivity index (χ4n) is 6.44. The molecule has 1 amide bonds. The van der Waals surface area contributed by atoms with Gasteiger partial charge < -0.3 is 30.9 Å². The topological polar surface area (TPSA) is 167 Å². The summed E-state index contributed by atoms with van der Waals surface area (Å²) in [6.45, 7) is 4.21. The number of nitrogens with two attached hydrogens (primary N) is 1. The first-order valence-electron chi connectivity index (χ1n) is 12.9. The number of rotatable bonds is 5. The largest absolute Gasteiger partial charge is 0.508 e. The van der Waals surface area contributed by atoms with Crippen LogP contribution in [0.3, 0.4) is 0 Å². The molecule has 0 heterocycles. The molecule has 6 N–H and O–H groups in total. The number of aromatic hydroxyl groups is 1. The van der Waals surface area contributed by atoms with Gasteiger partial charge in [0.05, 0.1) is 12.7 Å². The molecule has 2 aromatic rings. The SMILES string of the molecule is COc1ccc(-c2ccc(O)c3c2C[C@H]2C[C@H]4CC(=O)C(C(N)=O)=C(O)[C@@]4(O)C(=O)C2=C3O)cc1CC(C)C. The molecule has 0 bridgehead atoms. The number of methoxy groups -OCH3 is 1. The second kappa shape index (κ2) is 9.27. The van der Waals surface area contributed by atoms with Gasteiger partial charge in [0.15, 0.2) is 11.4 Å². The number of Topliss-reactive ketones (excluding diaryl/α,β-unsaturated/α-hetero) is 2. The van der Waals surface area contributed by atoms with Gasteiger partial charge in [-0.2, -0.15) is 0 Å². The predicted molar refractivity (Wildman–Crippen MR) is 142 cm³/mol. The van der Waals surface area contributed by atoms with Crippen LogP contribution in [0.1, 0.15) is 43.4 Å². The van der Waals surface area contributed by atoms with E-state index in [1.54, 1.807) is 13.2 Å². The van der Waals surface area contributed by atoms with Gasteiger partial charge in [0.25, 0.3) is 5.91 Å². The van der Waals surface area contributed by atoms with E-state index >= 15 is 0 Å². The Labute approximate surface area is 225 Å². The normalized spacial score (nSPS) is 24.4. The van der Waals surface area contributed by atoms with E-state index in [1.807, 2.05) is 18.2 Å². The van der Waals surface area contributed by atoms with Crippen LogP contribution in [-0.4, -0.2) is 50.6 Å². The second-order valence-corrected chi connectivity index (χ2v) is 11.0. The number of aliphatic hydroxyl groups excluding tert-OH is 2. The first kappa shape index (κ1) is 26.5. The summed E-state index contributed by atoms with van der Waals surface area (Å²) in [6.07, 6.45) is 0.747. The molecule has 0 saturated heterocycles. The van der Waals surface area contributed by atoms with Crippen LogP contribution in [0.4, 0.5) is 0 Å². The van der Waals surface area contributed by atoms with Crippen molar-refractivity contribution in [1.29, 1.82) is 0 Å². The fourth-order valence-corrected chi connectivity index (χ4v) is 6.44. The number of aliphatic hydroxyl groups is 3. The molecule has 5 rings (SSSR count). The Kier molecular flexibility index (Phi) is 6.30. The highest BCUT2D eigenvalue weighted by molar-refractivity contribution is 6.22. The van der Waals surface area contributed by atoms with E-state index < -0.39 is 52.0 Å². The van der Waals surface area contributed by atoms with Crippen LogP contribution in [0.2, 0.25) is 0 Å². The van der Waals surface area contributed by atoms with E-state index in [2.05, 4.69) is 13.8 Å². The lowest BCUT2D eigenvalue weighted by molar-refractivity contribution is -0.147. The Morgan fingerprint density at radius 2 is 1.85 bits per heavy atom. The van der Waals surface area contributed by atoms with Gasteiger partial charge in [-0.3, -0.25) is 14.4 Å². The van der Waals surface area contributed by atoms with Gasteiger partial charge in [-0.05, 0) is 71.6 Å². The van der Waals surface area contributed by atoms with Gasteiger partial charge in [0.2, 0.25) is 5.78 Å². The molecule has 39 heavy (non-hydrogen) atoms. The number of carbonyl (C=O) groups excluding carboxylic acids is 3. The lowest BCUT2D eigenvalue weighted by Crippen LogP contribution is -2.58. The van der Waals surface area contributed by atoms with Crippen LogP contribution in [0.15, 0.2) is 47.2 Å². The maximum atomic E-state index is 13.7. The van der Waals surface area contributed by atoms with Crippen molar-refractivity contribution in [1.82, 2.24) is 0 Å². The smallest absolute Gasteiger partial charge is 0.255 e. The average molecular weight is 534 g/mol. The highest BCUT2D eigenvalue weighted by Gasteiger charge is 2.60. The van der Waals surface area contributed by atoms with Gasteiger partial charge in [0.1, 0.15) is 28.6 Å². The number of phenolic OH excluding ortho intramolecular Hbond substituents is 1. The van der Waals surface area contributed by atoms with Crippen molar-refractivity contribution in [3.05, 3.63) is 63.9 Å². The second-order valence-electron chi connectivity index (χ2n) is 11.0. The predicted octanol–water partition coefficient (Wildman–Crippen LogP) is 3.30. The summed E-state index contributed by atoms with van der Waals surface area (Å²) in [5.41, 5.74) is 5.00. The number of ketones is 2. The molecule has 3 aliphatic rings. The standard InChI is InChI=1S/C30H31NO8/c1-13(2)8-15-9-14(4-7-22(15)39-3)18-5-6-20(32)24-19(18)11-16-10-17-12-21(33)25(29(31)37)28(36)30(17,38)27(35)23(16)26(24)34/h4-7,9,13,16-17,32,34,36,38H,8,10-12H2,1-3H3,(H2,31,37)/t16-,17+,30+/m1/s1. The third-order valence-electron chi connectivity index (χ3n) is 8.17. The molecule has 0 aromatic heterocycles. The minimum atomic E-state index is -2.58.